The van der Waals surface area contributed by atoms with E-state index in [4.69, 9.17) is 0 Å². The molecule has 1 aromatic carbocycles. The highest BCUT2D eigenvalue weighted by Gasteiger charge is 2.12. The zero-order chi connectivity index (χ0) is 15.0. The zero-order valence-corrected chi connectivity index (χ0v) is 13.9. The summed E-state index contributed by atoms with van der Waals surface area (Å²) in [5.74, 6) is 0.740. The summed E-state index contributed by atoms with van der Waals surface area (Å²) in [6, 6.07) is 8.98. The largest absolute Gasteiger partial charge is 0.316 e. The first-order valence-corrected chi connectivity index (χ1v) is 7.90. The first-order valence-electron chi connectivity index (χ1n) is 7.90. The minimum Gasteiger partial charge on any atom is -0.316 e. The Hall–Kier alpha value is -0.860. The maximum Gasteiger partial charge on any atom is 0.0205 e. The van der Waals surface area contributed by atoms with Gasteiger partial charge in [0.15, 0.2) is 0 Å². The minimum atomic E-state index is 0.244. The van der Waals surface area contributed by atoms with E-state index in [-0.39, 0.29) is 5.41 Å². The molecule has 1 rings (SSSR count). The number of benzene rings is 1. The van der Waals surface area contributed by atoms with Crippen LogP contribution >= 0.6 is 0 Å². The van der Waals surface area contributed by atoms with E-state index in [0.29, 0.717) is 0 Å². The van der Waals surface area contributed by atoms with Crippen molar-refractivity contribution in [3.05, 3.63) is 35.4 Å². The normalized spacial score (nSPS) is 12.1. The first-order chi connectivity index (χ1) is 9.39. The molecule has 0 aliphatic carbocycles. The van der Waals surface area contributed by atoms with Crippen molar-refractivity contribution in [1.82, 2.24) is 10.6 Å². The Labute approximate surface area is 125 Å². The molecule has 0 aromatic heterocycles. The van der Waals surface area contributed by atoms with Crippen LogP contribution in [-0.4, -0.2) is 19.6 Å². The van der Waals surface area contributed by atoms with E-state index in [1.165, 1.54) is 17.5 Å². The zero-order valence-electron chi connectivity index (χ0n) is 13.9. The molecule has 2 nitrogen and oxygen atoms in total. The first kappa shape index (κ1) is 17.2. The molecule has 2 heteroatoms. The van der Waals surface area contributed by atoms with E-state index in [1.807, 2.05) is 0 Å². The second-order valence-electron chi connectivity index (χ2n) is 7.08. The van der Waals surface area contributed by atoms with E-state index in [9.17, 15) is 0 Å². The van der Waals surface area contributed by atoms with Gasteiger partial charge in [-0.25, -0.2) is 0 Å². The third kappa shape index (κ3) is 7.06. The molecule has 0 saturated carbocycles. The van der Waals surface area contributed by atoms with Crippen molar-refractivity contribution in [2.45, 2.75) is 53.0 Å². The second-order valence-corrected chi connectivity index (χ2v) is 7.08. The lowest BCUT2D eigenvalue weighted by Crippen LogP contribution is -2.24. The fraction of sp³-hybridized carbons (Fsp3) is 0.667. The Bertz CT molecular complexity index is 360. The lowest BCUT2D eigenvalue weighted by Gasteiger charge is -2.19. The molecule has 0 spiro atoms. The number of hydrogen-bond acceptors (Lipinski definition) is 2. The van der Waals surface area contributed by atoms with Crippen molar-refractivity contribution in [3.8, 4) is 0 Å². The topological polar surface area (TPSA) is 24.1 Å². The second kappa shape index (κ2) is 8.43. The quantitative estimate of drug-likeness (QED) is 0.707. The van der Waals surface area contributed by atoms with Crippen LogP contribution in [-0.2, 0) is 12.0 Å². The minimum absolute atomic E-state index is 0.244. The summed E-state index contributed by atoms with van der Waals surface area (Å²) in [7, 11) is 0. The van der Waals surface area contributed by atoms with Gasteiger partial charge >= 0.3 is 0 Å². The van der Waals surface area contributed by atoms with Crippen molar-refractivity contribution in [2.75, 3.05) is 19.6 Å². The van der Waals surface area contributed by atoms with Crippen LogP contribution < -0.4 is 10.6 Å². The van der Waals surface area contributed by atoms with Gasteiger partial charge in [-0.3, -0.25) is 0 Å². The molecule has 0 saturated heterocycles. The van der Waals surface area contributed by atoms with Gasteiger partial charge in [-0.05, 0) is 48.5 Å². The van der Waals surface area contributed by atoms with Gasteiger partial charge in [0.05, 0.1) is 0 Å². The molecular weight excluding hydrogens is 244 g/mol. The molecular formula is C18H32N2. The molecule has 0 amide bonds. The molecule has 2 N–H and O–H groups in total. The van der Waals surface area contributed by atoms with E-state index in [0.717, 1.165) is 32.1 Å². The van der Waals surface area contributed by atoms with Gasteiger partial charge in [0, 0.05) is 6.54 Å². The summed E-state index contributed by atoms with van der Waals surface area (Å²) < 4.78 is 0. The Morgan fingerprint density at radius 2 is 1.55 bits per heavy atom. The van der Waals surface area contributed by atoms with Crippen LogP contribution in [0.1, 0.15) is 52.2 Å². The molecule has 114 valence electrons. The van der Waals surface area contributed by atoms with Gasteiger partial charge in [-0.15, -0.1) is 0 Å². The molecule has 1 aromatic rings. The van der Waals surface area contributed by atoms with Gasteiger partial charge in [-0.1, -0.05) is 58.9 Å². The third-order valence-electron chi connectivity index (χ3n) is 3.41. The lowest BCUT2D eigenvalue weighted by molar-refractivity contribution is 0.530. The molecule has 0 aliphatic heterocycles. The summed E-state index contributed by atoms with van der Waals surface area (Å²) in [4.78, 5) is 0. The lowest BCUT2D eigenvalue weighted by atomic mass is 9.87. The molecule has 0 bridgehead atoms. The van der Waals surface area contributed by atoms with Crippen LogP contribution in [0.3, 0.4) is 0 Å². The molecule has 0 heterocycles. The summed E-state index contributed by atoms with van der Waals surface area (Å²) in [6.45, 7) is 15.5. The van der Waals surface area contributed by atoms with Crippen LogP contribution in [0, 0.1) is 5.92 Å². The predicted octanol–water partition coefficient (Wildman–Crippen LogP) is 3.71. The maximum absolute atomic E-state index is 3.51. The summed E-state index contributed by atoms with van der Waals surface area (Å²) >= 11 is 0. The molecule has 0 aliphatic rings. The maximum atomic E-state index is 3.51. The Morgan fingerprint density at radius 3 is 2.10 bits per heavy atom. The van der Waals surface area contributed by atoms with Crippen LogP contribution in [0.5, 0.6) is 0 Å². The monoisotopic (exact) mass is 276 g/mol. The molecule has 0 unspecified atom stereocenters. The van der Waals surface area contributed by atoms with E-state index in [2.05, 4.69) is 69.5 Å². The van der Waals surface area contributed by atoms with Gasteiger partial charge < -0.3 is 10.6 Å². The Morgan fingerprint density at radius 1 is 0.950 bits per heavy atom. The smallest absolute Gasteiger partial charge is 0.0205 e. The van der Waals surface area contributed by atoms with Gasteiger partial charge in [0.1, 0.15) is 0 Å². The fourth-order valence-corrected chi connectivity index (χ4v) is 2.08. The molecule has 0 atom stereocenters. The van der Waals surface area contributed by atoms with Crippen molar-refractivity contribution >= 4 is 0 Å². The van der Waals surface area contributed by atoms with Crippen molar-refractivity contribution in [3.63, 3.8) is 0 Å². The van der Waals surface area contributed by atoms with Crippen molar-refractivity contribution in [1.29, 1.82) is 0 Å². The summed E-state index contributed by atoms with van der Waals surface area (Å²) in [5.41, 5.74) is 3.01. The highest BCUT2D eigenvalue weighted by Crippen LogP contribution is 2.22. The Balaban J connectivity index is 2.16. The average molecular weight is 276 g/mol. The standard InChI is InChI=1S/C18H32N2/c1-15(2)13-19-11-6-12-20-14-16-7-9-17(10-8-16)18(3,4)5/h7-10,15,19-20H,6,11-14H2,1-5H3. The molecule has 20 heavy (non-hydrogen) atoms. The van der Waals surface area contributed by atoms with Gasteiger partial charge in [-0.2, -0.15) is 0 Å². The van der Waals surface area contributed by atoms with Gasteiger partial charge in [0.2, 0.25) is 0 Å². The van der Waals surface area contributed by atoms with Crippen molar-refractivity contribution < 1.29 is 0 Å². The SMILES string of the molecule is CC(C)CNCCCNCc1ccc(C(C)(C)C)cc1. The molecule has 0 fully saturated rings. The highest BCUT2D eigenvalue weighted by atomic mass is 14.9. The third-order valence-corrected chi connectivity index (χ3v) is 3.41. The van der Waals surface area contributed by atoms with E-state index in [1.54, 1.807) is 0 Å². The van der Waals surface area contributed by atoms with Crippen LogP contribution in [0.25, 0.3) is 0 Å². The van der Waals surface area contributed by atoms with Gasteiger partial charge in [0.25, 0.3) is 0 Å². The number of nitrogens with one attached hydrogen (secondary N) is 2. The summed E-state index contributed by atoms with van der Waals surface area (Å²) in [5, 5.41) is 6.98. The highest BCUT2D eigenvalue weighted by molar-refractivity contribution is 5.27. The Kier molecular flexibility index (Phi) is 7.25. The van der Waals surface area contributed by atoms with Crippen LogP contribution in [0.15, 0.2) is 24.3 Å². The van der Waals surface area contributed by atoms with E-state index < -0.39 is 0 Å². The fourth-order valence-electron chi connectivity index (χ4n) is 2.08. The van der Waals surface area contributed by atoms with Crippen LogP contribution in [0.4, 0.5) is 0 Å². The molecule has 0 radical (unpaired) electrons. The number of rotatable bonds is 8. The van der Waals surface area contributed by atoms with Crippen molar-refractivity contribution in [2.24, 2.45) is 5.92 Å². The van der Waals surface area contributed by atoms with E-state index >= 15 is 0 Å². The average Bonchev–Trinajstić information content (AvgIpc) is 2.37. The van der Waals surface area contributed by atoms with Crippen LogP contribution in [0.2, 0.25) is 0 Å². The summed E-state index contributed by atoms with van der Waals surface area (Å²) in [6.07, 6.45) is 1.19. The predicted molar refractivity (Wildman–Crippen MR) is 89.2 cm³/mol. The number of hydrogen-bond donors (Lipinski definition) is 2.